The summed E-state index contributed by atoms with van der Waals surface area (Å²) in [6, 6.07) is 15.4. The first-order valence-corrected chi connectivity index (χ1v) is 11.1. The van der Waals surface area contributed by atoms with Crippen LogP contribution in [0.25, 0.3) is 22.2 Å². The number of nitrogens with one attached hydrogen (secondary N) is 1. The number of amides is 1. The molecular formula is C26H18F2N4O4. The monoisotopic (exact) mass is 488 g/mol. The van der Waals surface area contributed by atoms with E-state index in [1.165, 1.54) is 18.2 Å². The zero-order valence-electron chi connectivity index (χ0n) is 18.7. The maximum absolute atomic E-state index is 14.3. The van der Waals surface area contributed by atoms with Gasteiger partial charge in [-0.05, 0) is 36.4 Å². The van der Waals surface area contributed by atoms with Gasteiger partial charge in [0, 0.05) is 28.9 Å². The molecule has 3 aliphatic rings. The van der Waals surface area contributed by atoms with E-state index in [0.717, 1.165) is 4.68 Å². The van der Waals surface area contributed by atoms with Gasteiger partial charge in [0.2, 0.25) is 12.7 Å². The summed E-state index contributed by atoms with van der Waals surface area (Å²) in [5.41, 5.74) is 1.40. The Bertz CT molecular complexity index is 1680. The fourth-order valence-corrected chi connectivity index (χ4v) is 4.31. The number of ether oxygens (including phenoxy) is 2. The Morgan fingerprint density at radius 1 is 1.03 bits per heavy atom. The molecule has 0 spiro atoms. The van der Waals surface area contributed by atoms with Gasteiger partial charge in [-0.15, -0.1) is 0 Å². The number of rotatable bonds is 5. The molecule has 3 aromatic rings. The van der Waals surface area contributed by atoms with Gasteiger partial charge in [0.1, 0.15) is 23.9 Å². The van der Waals surface area contributed by atoms with Crippen LogP contribution in [0.1, 0.15) is 5.56 Å². The number of hydrogen-bond acceptors (Lipinski definition) is 5. The van der Waals surface area contributed by atoms with Crippen molar-refractivity contribution in [3.8, 4) is 22.8 Å². The van der Waals surface area contributed by atoms with Gasteiger partial charge in [0.15, 0.2) is 11.5 Å². The number of nitrogens with zero attached hydrogens (tertiary/aromatic N) is 3. The largest absolute Gasteiger partial charge is 0.454 e. The van der Waals surface area contributed by atoms with E-state index in [4.69, 9.17) is 9.47 Å². The molecule has 0 bridgehead atoms. The van der Waals surface area contributed by atoms with Crippen LogP contribution in [-0.4, -0.2) is 27.0 Å². The number of hydrogen-bond donors (Lipinski definition) is 1. The van der Waals surface area contributed by atoms with Crippen molar-refractivity contribution in [2.75, 3.05) is 12.1 Å². The lowest BCUT2D eigenvalue weighted by molar-refractivity contribution is -0.116. The average molecular weight is 488 g/mol. The molecule has 0 saturated heterocycles. The molecule has 0 aliphatic carbocycles. The molecule has 3 aliphatic heterocycles. The molecule has 3 aromatic carbocycles. The Kier molecular flexibility index (Phi) is 5.14. The smallest absolute Gasteiger partial charge is 0.278 e. The van der Waals surface area contributed by atoms with E-state index in [-0.39, 0.29) is 31.1 Å². The number of carbonyl (C=O) groups is 1. The van der Waals surface area contributed by atoms with Crippen LogP contribution in [0.3, 0.4) is 0 Å². The number of anilines is 1. The minimum Gasteiger partial charge on any atom is -0.454 e. The molecule has 1 amide bonds. The minimum atomic E-state index is -0.515. The van der Waals surface area contributed by atoms with Gasteiger partial charge in [0.25, 0.3) is 5.56 Å². The zero-order valence-corrected chi connectivity index (χ0v) is 18.7. The first-order valence-electron chi connectivity index (χ1n) is 11.1. The first-order chi connectivity index (χ1) is 17.5. The summed E-state index contributed by atoms with van der Waals surface area (Å²) in [6.07, 6.45) is 1.56. The van der Waals surface area contributed by atoms with Gasteiger partial charge in [-0.25, -0.2) is 13.5 Å². The fraction of sp³-hybridized carbons (Fsp3) is 0.115. The van der Waals surface area contributed by atoms with Crippen LogP contribution >= 0.6 is 0 Å². The van der Waals surface area contributed by atoms with E-state index in [9.17, 15) is 18.4 Å². The predicted molar refractivity (Wildman–Crippen MR) is 127 cm³/mol. The Labute approximate surface area is 202 Å². The van der Waals surface area contributed by atoms with Crippen LogP contribution in [0.15, 0.2) is 71.7 Å². The molecular weight excluding hydrogens is 470 g/mol. The number of aromatic nitrogens is 3. The van der Waals surface area contributed by atoms with Crippen LogP contribution < -0.4 is 20.3 Å². The normalized spacial score (nSPS) is 12.4. The number of halogens is 2. The lowest BCUT2D eigenvalue weighted by atomic mass is 10.1. The summed E-state index contributed by atoms with van der Waals surface area (Å²) in [5.74, 6) is -0.284. The van der Waals surface area contributed by atoms with Crippen molar-refractivity contribution < 1.29 is 23.0 Å². The molecule has 180 valence electrons. The SMILES string of the molecule is O=C(Cn1nc2c3cc(F)ccc3n(Cc3ccccc3F)cc-2c1=O)Nc1ccc2c(c1)OCO2. The molecule has 10 heteroatoms. The van der Waals surface area contributed by atoms with Gasteiger partial charge in [0.05, 0.1) is 17.6 Å². The van der Waals surface area contributed by atoms with Crippen molar-refractivity contribution in [1.82, 2.24) is 14.3 Å². The molecule has 3 heterocycles. The minimum absolute atomic E-state index is 0.109. The van der Waals surface area contributed by atoms with E-state index in [1.807, 2.05) is 0 Å². The van der Waals surface area contributed by atoms with Gasteiger partial charge in [-0.2, -0.15) is 5.10 Å². The van der Waals surface area contributed by atoms with E-state index >= 15 is 0 Å². The summed E-state index contributed by atoms with van der Waals surface area (Å²) < 4.78 is 41.8. The van der Waals surface area contributed by atoms with Crippen molar-refractivity contribution in [3.05, 3.63) is 94.4 Å². The summed E-state index contributed by atoms with van der Waals surface area (Å²) in [5, 5.41) is 7.42. The van der Waals surface area contributed by atoms with E-state index in [2.05, 4.69) is 10.4 Å². The second-order valence-corrected chi connectivity index (χ2v) is 8.35. The maximum Gasteiger partial charge on any atom is 0.278 e. The van der Waals surface area contributed by atoms with Gasteiger partial charge in [-0.3, -0.25) is 9.59 Å². The van der Waals surface area contributed by atoms with Crippen molar-refractivity contribution >= 4 is 22.5 Å². The summed E-state index contributed by atoms with van der Waals surface area (Å²) >= 11 is 0. The molecule has 0 fully saturated rings. The first kappa shape index (κ1) is 21.8. The Morgan fingerprint density at radius 2 is 1.86 bits per heavy atom. The predicted octanol–water partition coefficient (Wildman–Crippen LogP) is 4.00. The number of pyridine rings is 1. The fourth-order valence-electron chi connectivity index (χ4n) is 4.31. The van der Waals surface area contributed by atoms with Gasteiger partial charge >= 0.3 is 0 Å². The van der Waals surface area contributed by atoms with Gasteiger partial charge < -0.3 is 19.4 Å². The van der Waals surface area contributed by atoms with Crippen molar-refractivity contribution in [2.24, 2.45) is 0 Å². The second-order valence-electron chi connectivity index (χ2n) is 8.35. The molecule has 0 unspecified atom stereocenters. The van der Waals surface area contributed by atoms with Crippen molar-refractivity contribution in [3.63, 3.8) is 0 Å². The summed E-state index contributed by atoms with van der Waals surface area (Å²) in [6.45, 7) is -0.121. The Balaban J connectivity index is 1.36. The van der Waals surface area contributed by atoms with Crippen LogP contribution in [0, 0.1) is 11.6 Å². The Hall–Kier alpha value is -4.73. The summed E-state index contributed by atoms with van der Waals surface area (Å²) in [7, 11) is 0. The zero-order chi connectivity index (χ0) is 24.8. The lowest BCUT2D eigenvalue weighted by Gasteiger charge is -2.14. The third kappa shape index (κ3) is 3.82. The molecule has 0 radical (unpaired) electrons. The third-order valence-corrected chi connectivity index (χ3v) is 6.00. The average Bonchev–Trinajstić information content (AvgIpc) is 3.45. The van der Waals surface area contributed by atoms with Crippen molar-refractivity contribution in [1.29, 1.82) is 0 Å². The number of benzene rings is 3. The van der Waals surface area contributed by atoms with Crippen molar-refractivity contribution in [2.45, 2.75) is 13.1 Å². The van der Waals surface area contributed by atoms with Gasteiger partial charge in [-0.1, -0.05) is 18.2 Å². The lowest BCUT2D eigenvalue weighted by Crippen LogP contribution is -2.26. The molecule has 0 atom stereocenters. The van der Waals surface area contributed by atoms with E-state index in [0.29, 0.717) is 33.7 Å². The highest BCUT2D eigenvalue weighted by molar-refractivity contribution is 5.94. The Morgan fingerprint density at radius 3 is 2.72 bits per heavy atom. The summed E-state index contributed by atoms with van der Waals surface area (Å²) in [4.78, 5) is 25.9. The van der Waals surface area contributed by atoms with E-state index < -0.39 is 23.1 Å². The van der Waals surface area contributed by atoms with Crippen LogP contribution in [0.4, 0.5) is 14.5 Å². The second kappa shape index (κ2) is 8.49. The molecule has 8 nitrogen and oxygen atoms in total. The van der Waals surface area contributed by atoms with Crippen LogP contribution in [0.2, 0.25) is 0 Å². The quantitative estimate of drug-likeness (QED) is 0.404. The third-order valence-electron chi connectivity index (χ3n) is 6.00. The standard InChI is InChI=1S/C26H18F2N4O4/c27-16-5-7-21-18(9-16)25-19(12-31(21)11-15-3-1-2-4-20(15)28)26(34)32(30-25)13-24(33)29-17-6-8-22-23(10-17)36-14-35-22/h1-10,12H,11,13-14H2,(H,29,33). The van der Waals surface area contributed by atoms with Crippen LogP contribution in [-0.2, 0) is 17.9 Å². The van der Waals surface area contributed by atoms with Crippen LogP contribution in [0.5, 0.6) is 11.5 Å². The topological polar surface area (TPSA) is 87.4 Å². The van der Waals surface area contributed by atoms with E-state index in [1.54, 1.807) is 53.2 Å². The number of fused-ring (bicyclic) bond motifs is 4. The highest BCUT2D eigenvalue weighted by atomic mass is 19.1. The molecule has 0 saturated carbocycles. The maximum atomic E-state index is 14.3. The molecule has 6 rings (SSSR count). The highest BCUT2D eigenvalue weighted by Gasteiger charge is 2.22. The molecule has 36 heavy (non-hydrogen) atoms. The number of carbonyl (C=O) groups excluding carboxylic acids is 1. The highest BCUT2D eigenvalue weighted by Crippen LogP contribution is 2.34. The molecule has 1 N–H and O–H groups in total. The molecule has 0 aromatic heterocycles.